The van der Waals surface area contributed by atoms with E-state index in [-0.39, 0.29) is 0 Å². The molecule has 7 heteroatoms. The monoisotopic (exact) mass is 406 g/mol. The van der Waals surface area contributed by atoms with Crippen LogP contribution >= 0.6 is 12.1 Å². The van der Waals surface area contributed by atoms with Crippen molar-refractivity contribution in [3.8, 4) is 11.5 Å². The first-order chi connectivity index (χ1) is 14.1. The van der Waals surface area contributed by atoms with Crippen molar-refractivity contribution in [3.05, 3.63) is 65.6 Å². The smallest absolute Gasteiger partial charge is 0.161 e. The maximum atomic E-state index is 5.59. The fourth-order valence-electron chi connectivity index (χ4n) is 3.53. The molecule has 0 atom stereocenters. The first kappa shape index (κ1) is 19.3. The Morgan fingerprint density at radius 3 is 2.52 bits per heavy atom. The number of methoxy groups -OCH3 is 2. The zero-order valence-corrected chi connectivity index (χ0v) is 17.3. The quantitative estimate of drug-likeness (QED) is 0.452. The second kappa shape index (κ2) is 8.14. The summed E-state index contributed by atoms with van der Waals surface area (Å²) in [6, 6.07) is 14.1. The highest BCUT2D eigenvalue weighted by Gasteiger charge is 2.13. The van der Waals surface area contributed by atoms with Gasteiger partial charge in [0.15, 0.2) is 11.5 Å². The predicted octanol–water partition coefficient (Wildman–Crippen LogP) is 4.63. The van der Waals surface area contributed by atoms with Crippen LogP contribution in [0.15, 0.2) is 48.7 Å². The van der Waals surface area contributed by atoms with Gasteiger partial charge in [-0.3, -0.25) is 15.1 Å². The van der Waals surface area contributed by atoms with E-state index in [4.69, 9.17) is 19.6 Å². The summed E-state index contributed by atoms with van der Waals surface area (Å²) in [6.45, 7) is 1.99. The predicted molar refractivity (Wildman–Crippen MR) is 120 cm³/mol. The summed E-state index contributed by atoms with van der Waals surface area (Å²) >= 11 is 1.06. The second-order valence-electron chi connectivity index (χ2n) is 6.70. The minimum Gasteiger partial charge on any atom is -0.493 e. The Morgan fingerprint density at radius 2 is 1.79 bits per heavy atom. The number of benzene rings is 2. The van der Waals surface area contributed by atoms with Gasteiger partial charge in [-0.25, -0.2) is 0 Å². The highest BCUT2D eigenvalue weighted by atomic mass is 32.2. The lowest BCUT2D eigenvalue weighted by atomic mass is 10.0. The molecule has 29 heavy (non-hydrogen) atoms. The molecule has 0 aliphatic heterocycles. The molecule has 0 spiro atoms. The van der Waals surface area contributed by atoms with Crippen molar-refractivity contribution in [3.63, 3.8) is 0 Å². The molecular formula is C22H22N4O2S. The molecule has 2 aromatic carbocycles. The number of nitrogens with one attached hydrogen (secondary N) is 1. The number of para-hydroxylation sites is 1. The molecule has 0 aliphatic rings. The van der Waals surface area contributed by atoms with Crippen molar-refractivity contribution in [2.45, 2.75) is 13.3 Å². The second-order valence-corrected chi connectivity index (χ2v) is 7.14. The molecule has 2 aromatic heterocycles. The average Bonchev–Trinajstić information content (AvgIpc) is 2.75. The maximum absolute atomic E-state index is 5.59. The van der Waals surface area contributed by atoms with Gasteiger partial charge in [0.05, 0.1) is 25.4 Å². The summed E-state index contributed by atoms with van der Waals surface area (Å²) < 4.78 is 14.1. The number of pyridine rings is 2. The first-order valence-electron chi connectivity index (χ1n) is 9.15. The van der Waals surface area contributed by atoms with Crippen molar-refractivity contribution in [1.29, 1.82) is 0 Å². The van der Waals surface area contributed by atoms with Gasteiger partial charge in [-0.1, -0.05) is 18.2 Å². The Morgan fingerprint density at radius 1 is 1.03 bits per heavy atom. The van der Waals surface area contributed by atoms with Crippen molar-refractivity contribution >= 4 is 39.5 Å². The number of aromatic nitrogens is 2. The molecule has 2 heterocycles. The summed E-state index contributed by atoms with van der Waals surface area (Å²) in [7, 11) is 3.28. The van der Waals surface area contributed by atoms with E-state index in [9.17, 15) is 0 Å². The molecule has 0 bridgehead atoms. The lowest BCUT2D eigenvalue weighted by Gasteiger charge is -2.14. The minimum absolute atomic E-state index is 0.652. The Kier molecular flexibility index (Phi) is 5.42. The van der Waals surface area contributed by atoms with Crippen molar-refractivity contribution in [1.82, 2.24) is 9.97 Å². The van der Waals surface area contributed by atoms with E-state index < -0.39 is 0 Å². The molecule has 0 radical (unpaired) electrons. The Labute approximate surface area is 173 Å². The zero-order valence-electron chi connectivity index (χ0n) is 16.5. The Hall–Kier alpha value is -3.03. The van der Waals surface area contributed by atoms with Crippen LogP contribution in [0.25, 0.3) is 21.7 Å². The van der Waals surface area contributed by atoms with Crippen LogP contribution in [0, 0.1) is 6.92 Å². The highest BCUT2D eigenvalue weighted by molar-refractivity contribution is 7.98. The lowest BCUT2D eigenvalue weighted by molar-refractivity contribution is 0.356. The lowest BCUT2D eigenvalue weighted by Crippen LogP contribution is -2.00. The van der Waals surface area contributed by atoms with Crippen LogP contribution in [0.4, 0.5) is 5.69 Å². The molecule has 4 aromatic rings. The molecule has 0 unspecified atom stereocenters. The minimum atomic E-state index is 0.652. The van der Waals surface area contributed by atoms with E-state index in [2.05, 4.69) is 15.8 Å². The van der Waals surface area contributed by atoms with Gasteiger partial charge in [0.2, 0.25) is 0 Å². The summed E-state index contributed by atoms with van der Waals surface area (Å²) in [5, 5.41) is 8.78. The topological polar surface area (TPSA) is 82.3 Å². The first-order valence-corrected chi connectivity index (χ1v) is 10.0. The molecule has 4 rings (SSSR count). The van der Waals surface area contributed by atoms with Gasteiger partial charge in [-0.05, 0) is 42.1 Å². The third kappa shape index (κ3) is 3.66. The Bertz CT molecular complexity index is 1200. The van der Waals surface area contributed by atoms with Gasteiger partial charge in [0.1, 0.15) is 0 Å². The number of aryl methyl sites for hydroxylation is 1. The number of hydrogen-bond acceptors (Lipinski definition) is 7. The van der Waals surface area contributed by atoms with E-state index in [1.807, 2.05) is 49.5 Å². The molecule has 0 aliphatic carbocycles. The van der Waals surface area contributed by atoms with E-state index in [1.54, 1.807) is 14.2 Å². The standard InChI is InChI=1S/C22H22N4O2S/c1-13-17-10-20(27-2)21(28-3)11-18(17)15(12-24-13)9-16-8-7-14-5-4-6-19(26-29-23)22(14)25-16/h4-8,10-12,26H,9,23H2,1-3H3. The third-order valence-electron chi connectivity index (χ3n) is 4.99. The number of rotatable bonds is 6. The number of nitrogens with two attached hydrogens (primary N) is 1. The van der Waals surface area contributed by atoms with Gasteiger partial charge in [-0.2, -0.15) is 0 Å². The summed E-state index contributed by atoms with van der Waals surface area (Å²) in [4.78, 5) is 9.47. The van der Waals surface area contributed by atoms with Crippen molar-refractivity contribution < 1.29 is 9.47 Å². The summed E-state index contributed by atoms with van der Waals surface area (Å²) in [5.74, 6) is 1.39. The van der Waals surface area contributed by atoms with Gasteiger partial charge >= 0.3 is 0 Å². The summed E-state index contributed by atoms with van der Waals surface area (Å²) in [5.41, 5.74) is 4.77. The van der Waals surface area contributed by atoms with Crippen LogP contribution in [0.2, 0.25) is 0 Å². The largest absolute Gasteiger partial charge is 0.493 e. The van der Waals surface area contributed by atoms with Crippen LogP contribution in [-0.4, -0.2) is 24.2 Å². The number of ether oxygens (including phenoxy) is 2. The molecule has 0 amide bonds. The van der Waals surface area contributed by atoms with Gasteiger partial charge in [-0.15, -0.1) is 0 Å². The van der Waals surface area contributed by atoms with Gasteiger partial charge in [0, 0.05) is 46.9 Å². The van der Waals surface area contributed by atoms with Crippen molar-refractivity contribution in [2.24, 2.45) is 5.14 Å². The number of nitrogens with zero attached hydrogens (tertiary/aromatic N) is 2. The van der Waals surface area contributed by atoms with E-state index in [1.165, 1.54) is 0 Å². The molecule has 0 saturated carbocycles. The molecular weight excluding hydrogens is 384 g/mol. The van der Waals surface area contributed by atoms with E-state index in [0.29, 0.717) is 17.9 Å². The summed E-state index contributed by atoms with van der Waals surface area (Å²) in [6.07, 6.45) is 2.56. The third-order valence-corrected chi connectivity index (χ3v) is 5.33. The fraction of sp³-hybridized carbons (Fsp3) is 0.182. The van der Waals surface area contributed by atoms with Crippen LogP contribution in [-0.2, 0) is 6.42 Å². The van der Waals surface area contributed by atoms with Crippen LogP contribution in [0.1, 0.15) is 17.0 Å². The van der Waals surface area contributed by atoms with Crippen LogP contribution in [0.5, 0.6) is 11.5 Å². The molecule has 0 fully saturated rings. The molecule has 0 saturated heterocycles. The fourth-order valence-corrected chi connectivity index (χ4v) is 3.82. The van der Waals surface area contributed by atoms with Crippen LogP contribution < -0.4 is 19.3 Å². The number of fused-ring (bicyclic) bond motifs is 2. The molecule has 148 valence electrons. The van der Waals surface area contributed by atoms with Gasteiger partial charge in [0.25, 0.3) is 0 Å². The van der Waals surface area contributed by atoms with Gasteiger partial charge < -0.3 is 14.2 Å². The maximum Gasteiger partial charge on any atom is 0.161 e. The van der Waals surface area contributed by atoms with Crippen LogP contribution in [0.3, 0.4) is 0 Å². The molecule has 3 N–H and O–H groups in total. The number of hydrogen-bond donors (Lipinski definition) is 2. The number of anilines is 1. The van der Waals surface area contributed by atoms with Crippen molar-refractivity contribution in [2.75, 3.05) is 18.9 Å². The average molecular weight is 407 g/mol. The molecule has 6 nitrogen and oxygen atoms in total. The SMILES string of the molecule is COc1cc2c(Cc3ccc4cccc(NSN)c4n3)cnc(C)c2cc1OC. The zero-order chi connectivity index (χ0) is 20.4. The highest BCUT2D eigenvalue weighted by Crippen LogP contribution is 2.35. The van der Waals surface area contributed by atoms with E-state index in [0.717, 1.165) is 56.4 Å². The Balaban J connectivity index is 1.81. The normalized spacial score (nSPS) is 11.0. The van der Waals surface area contributed by atoms with E-state index >= 15 is 0 Å².